The fourth-order valence-corrected chi connectivity index (χ4v) is 4.53. The highest BCUT2D eigenvalue weighted by Gasteiger charge is 2.31. The molecule has 1 aromatic heterocycles. The first-order chi connectivity index (χ1) is 9.56. The second-order valence-corrected chi connectivity index (χ2v) is 7.57. The Morgan fingerprint density at radius 1 is 1.20 bits per heavy atom. The van der Waals surface area contributed by atoms with Crippen molar-refractivity contribution in [3.05, 3.63) is 36.1 Å². The molecule has 0 atom stereocenters. The molecule has 1 aromatic carbocycles. The first-order valence-corrected chi connectivity index (χ1v) is 8.51. The summed E-state index contributed by atoms with van der Waals surface area (Å²) in [5, 5.41) is 0.463. The Kier molecular flexibility index (Phi) is 3.38. The highest BCUT2D eigenvalue weighted by molar-refractivity contribution is 7.92. The molecule has 1 fully saturated rings. The van der Waals surface area contributed by atoms with E-state index < -0.39 is 21.4 Å². The van der Waals surface area contributed by atoms with Gasteiger partial charge >= 0.3 is 0 Å². The van der Waals surface area contributed by atoms with Gasteiger partial charge in [0.1, 0.15) is 11.3 Å². The summed E-state index contributed by atoms with van der Waals surface area (Å²) in [6.07, 6.45) is 3.22. The molecule has 4 nitrogen and oxygen atoms in total. The third-order valence-corrected chi connectivity index (χ3v) is 5.99. The topological polar surface area (TPSA) is 64.3 Å². The maximum atomic E-state index is 12.2. The number of hydrogen-bond donors (Lipinski definition) is 0. The van der Waals surface area contributed by atoms with E-state index >= 15 is 0 Å². The molecule has 2 aromatic rings. The van der Waals surface area contributed by atoms with Crippen molar-refractivity contribution in [1.82, 2.24) is 0 Å². The average Bonchev–Trinajstić information content (AvgIpc) is 3.07. The zero-order valence-electron chi connectivity index (χ0n) is 11.0. The predicted octanol–water partition coefficient (Wildman–Crippen LogP) is 2.97. The minimum absolute atomic E-state index is 0.132. The Balaban J connectivity index is 1.82. The van der Waals surface area contributed by atoms with E-state index in [4.69, 9.17) is 4.42 Å². The summed E-state index contributed by atoms with van der Waals surface area (Å²) >= 11 is 0. The van der Waals surface area contributed by atoms with Crippen LogP contribution in [0.4, 0.5) is 0 Å². The van der Waals surface area contributed by atoms with Crippen LogP contribution in [0.25, 0.3) is 11.0 Å². The van der Waals surface area contributed by atoms with Gasteiger partial charge in [0.25, 0.3) is 0 Å². The lowest BCUT2D eigenvalue weighted by Gasteiger charge is -2.09. The molecular formula is C15H16O4S. The third-order valence-electron chi connectivity index (χ3n) is 3.84. The fourth-order valence-electron chi connectivity index (χ4n) is 2.74. The summed E-state index contributed by atoms with van der Waals surface area (Å²) in [7, 11) is -3.35. The van der Waals surface area contributed by atoms with Crippen molar-refractivity contribution in [2.24, 2.45) is 0 Å². The first-order valence-electron chi connectivity index (χ1n) is 6.79. The van der Waals surface area contributed by atoms with Gasteiger partial charge in [0.15, 0.2) is 15.6 Å². The molecule has 0 bridgehead atoms. The minimum Gasteiger partial charge on any atom is -0.453 e. The average molecular weight is 292 g/mol. The second kappa shape index (κ2) is 5.05. The summed E-state index contributed by atoms with van der Waals surface area (Å²) in [4.78, 5) is 12.1. The Hall–Kier alpha value is -1.62. The highest BCUT2D eigenvalue weighted by Crippen LogP contribution is 2.26. The van der Waals surface area contributed by atoms with Crippen molar-refractivity contribution in [3.8, 4) is 0 Å². The predicted molar refractivity (Wildman–Crippen MR) is 76.6 cm³/mol. The third kappa shape index (κ3) is 2.50. The van der Waals surface area contributed by atoms with Crippen LogP contribution in [-0.2, 0) is 9.84 Å². The van der Waals surface area contributed by atoms with Gasteiger partial charge in [0.05, 0.1) is 5.25 Å². The van der Waals surface area contributed by atoms with Crippen LogP contribution in [0.5, 0.6) is 0 Å². The van der Waals surface area contributed by atoms with E-state index in [0.717, 1.165) is 18.2 Å². The van der Waals surface area contributed by atoms with E-state index in [9.17, 15) is 13.2 Å². The summed E-state index contributed by atoms with van der Waals surface area (Å²) in [5.41, 5.74) is 0.606. The van der Waals surface area contributed by atoms with Crippen molar-refractivity contribution in [3.63, 3.8) is 0 Å². The molecule has 106 valence electrons. The molecule has 1 aliphatic rings. The second-order valence-electron chi connectivity index (χ2n) is 5.29. The van der Waals surface area contributed by atoms with Crippen LogP contribution in [0.3, 0.4) is 0 Å². The van der Waals surface area contributed by atoms with Crippen LogP contribution in [0.2, 0.25) is 0 Å². The maximum Gasteiger partial charge on any atom is 0.213 e. The maximum absolute atomic E-state index is 12.2. The van der Waals surface area contributed by atoms with Gasteiger partial charge in [0.2, 0.25) is 5.78 Å². The van der Waals surface area contributed by atoms with Crippen LogP contribution >= 0.6 is 0 Å². The van der Waals surface area contributed by atoms with Crippen molar-refractivity contribution in [1.29, 1.82) is 0 Å². The molecule has 1 aliphatic carbocycles. The van der Waals surface area contributed by atoms with Crippen LogP contribution in [-0.4, -0.2) is 25.2 Å². The molecule has 0 N–H and O–H groups in total. The van der Waals surface area contributed by atoms with Crippen molar-refractivity contribution in [2.45, 2.75) is 30.9 Å². The number of sulfone groups is 1. The van der Waals surface area contributed by atoms with Gasteiger partial charge in [-0.25, -0.2) is 8.42 Å². The van der Waals surface area contributed by atoms with Crippen molar-refractivity contribution >= 4 is 26.6 Å². The minimum atomic E-state index is -3.35. The van der Waals surface area contributed by atoms with E-state index in [1.807, 2.05) is 18.2 Å². The van der Waals surface area contributed by atoms with E-state index in [1.165, 1.54) is 0 Å². The van der Waals surface area contributed by atoms with Crippen molar-refractivity contribution < 1.29 is 17.6 Å². The Labute approximate surface area is 117 Å². The van der Waals surface area contributed by atoms with Crippen LogP contribution in [0, 0.1) is 0 Å². The molecule has 5 heteroatoms. The standard InChI is InChI=1S/C15H16O4S/c16-13(10-20(17,18)12-6-2-3-7-12)15-9-11-5-1-4-8-14(11)19-15/h1,4-5,8-9,12H,2-3,6-7,10H2. The molecular weight excluding hydrogens is 276 g/mol. The number of fused-ring (bicyclic) bond motifs is 1. The van der Waals surface area contributed by atoms with Crippen molar-refractivity contribution in [2.75, 3.05) is 5.75 Å². The molecule has 0 radical (unpaired) electrons. The lowest BCUT2D eigenvalue weighted by molar-refractivity contribution is 0.0992. The van der Waals surface area contributed by atoms with Gasteiger partial charge in [-0.3, -0.25) is 4.79 Å². The normalized spacial score (nSPS) is 16.8. The molecule has 3 rings (SSSR count). The Morgan fingerprint density at radius 3 is 2.60 bits per heavy atom. The fraction of sp³-hybridized carbons (Fsp3) is 0.400. The Morgan fingerprint density at radius 2 is 1.90 bits per heavy atom. The number of carbonyl (C=O) groups is 1. The lowest BCUT2D eigenvalue weighted by Crippen LogP contribution is -2.25. The van der Waals surface area contributed by atoms with E-state index in [0.29, 0.717) is 18.4 Å². The number of ketones is 1. The molecule has 0 aliphatic heterocycles. The summed E-state index contributed by atoms with van der Waals surface area (Å²) in [5.74, 6) is -0.766. The highest BCUT2D eigenvalue weighted by atomic mass is 32.2. The summed E-state index contributed by atoms with van der Waals surface area (Å²) < 4.78 is 29.8. The molecule has 20 heavy (non-hydrogen) atoms. The zero-order valence-corrected chi connectivity index (χ0v) is 11.9. The number of hydrogen-bond acceptors (Lipinski definition) is 4. The van der Waals surface area contributed by atoms with Gasteiger partial charge in [-0.05, 0) is 25.0 Å². The van der Waals surface area contributed by atoms with Gasteiger partial charge in [-0.2, -0.15) is 0 Å². The SMILES string of the molecule is O=C(CS(=O)(=O)C1CCCC1)c1cc2ccccc2o1. The monoisotopic (exact) mass is 292 g/mol. The number of furan rings is 1. The van der Waals surface area contributed by atoms with E-state index in [1.54, 1.807) is 12.1 Å². The van der Waals surface area contributed by atoms with E-state index in [2.05, 4.69) is 0 Å². The number of carbonyl (C=O) groups excluding carboxylic acids is 1. The molecule has 0 unspecified atom stereocenters. The summed E-state index contributed by atoms with van der Waals surface area (Å²) in [6, 6.07) is 8.87. The molecule has 1 saturated carbocycles. The van der Waals surface area contributed by atoms with Gasteiger partial charge in [-0.1, -0.05) is 31.0 Å². The first kappa shape index (κ1) is 13.4. The number of benzene rings is 1. The Bertz CT molecular complexity index is 703. The molecule has 0 amide bonds. The molecule has 1 heterocycles. The van der Waals surface area contributed by atoms with E-state index in [-0.39, 0.29) is 11.0 Å². The van der Waals surface area contributed by atoms with Crippen LogP contribution in [0.15, 0.2) is 34.7 Å². The summed E-state index contributed by atoms with van der Waals surface area (Å²) in [6.45, 7) is 0. The molecule has 0 spiro atoms. The molecule has 0 saturated heterocycles. The van der Waals surface area contributed by atoms with Gasteiger partial charge < -0.3 is 4.42 Å². The smallest absolute Gasteiger partial charge is 0.213 e. The van der Waals surface area contributed by atoms with Gasteiger partial charge in [0, 0.05) is 5.39 Å². The quantitative estimate of drug-likeness (QED) is 0.813. The number of para-hydroxylation sites is 1. The zero-order chi connectivity index (χ0) is 14.2. The van der Waals surface area contributed by atoms with Crippen LogP contribution in [0.1, 0.15) is 36.2 Å². The number of rotatable bonds is 4. The lowest BCUT2D eigenvalue weighted by atomic mass is 10.2. The largest absolute Gasteiger partial charge is 0.453 e. The van der Waals surface area contributed by atoms with Crippen LogP contribution < -0.4 is 0 Å². The van der Waals surface area contributed by atoms with Gasteiger partial charge in [-0.15, -0.1) is 0 Å². The number of Topliss-reactive ketones (excluding diaryl/α,β-unsaturated/α-hetero) is 1.